The Hall–Kier alpha value is -1.30. The predicted molar refractivity (Wildman–Crippen MR) is 97.8 cm³/mol. The van der Waals surface area contributed by atoms with E-state index < -0.39 is 5.54 Å². The average Bonchev–Trinajstić information content (AvgIpc) is 3.26. The van der Waals surface area contributed by atoms with Crippen LogP contribution in [0.3, 0.4) is 0 Å². The summed E-state index contributed by atoms with van der Waals surface area (Å²) in [5.41, 5.74) is 6.18. The van der Waals surface area contributed by atoms with Crippen LogP contribution in [0.4, 0.5) is 5.69 Å². The Morgan fingerprint density at radius 2 is 2.04 bits per heavy atom. The molecule has 0 aromatic heterocycles. The molecule has 7 heteroatoms. The highest BCUT2D eigenvalue weighted by Gasteiger charge is 2.46. The summed E-state index contributed by atoms with van der Waals surface area (Å²) in [7, 11) is 0. The molecule has 1 saturated heterocycles. The average molecular weight is 372 g/mol. The van der Waals surface area contributed by atoms with Gasteiger partial charge in [-0.3, -0.25) is 9.59 Å². The van der Waals surface area contributed by atoms with E-state index in [0.717, 1.165) is 25.8 Å². The molecule has 3 N–H and O–H groups in total. The van der Waals surface area contributed by atoms with E-state index in [0.29, 0.717) is 29.1 Å². The molecular weight excluding hydrogens is 349 g/mol. The Morgan fingerprint density at radius 1 is 1.33 bits per heavy atom. The van der Waals surface area contributed by atoms with Gasteiger partial charge >= 0.3 is 0 Å². The minimum Gasteiger partial charge on any atom is -0.336 e. The molecule has 1 aromatic rings. The highest BCUT2D eigenvalue weighted by Crippen LogP contribution is 2.34. The van der Waals surface area contributed by atoms with E-state index in [9.17, 15) is 9.59 Å². The maximum Gasteiger partial charge on any atom is 0.255 e. The molecule has 1 aliphatic carbocycles. The second-order valence-corrected chi connectivity index (χ2v) is 7.06. The van der Waals surface area contributed by atoms with Gasteiger partial charge in [0, 0.05) is 18.3 Å². The Morgan fingerprint density at radius 3 is 2.62 bits per heavy atom. The molecule has 0 bridgehead atoms. The topological polar surface area (TPSA) is 75.4 Å². The molecule has 1 aliphatic heterocycles. The van der Waals surface area contributed by atoms with Crippen LogP contribution in [-0.2, 0) is 4.79 Å². The van der Waals surface area contributed by atoms with Crippen LogP contribution < -0.4 is 11.1 Å². The van der Waals surface area contributed by atoms with Crippen molar-refractivity contribution < 1.29 is 9.59 Å². The predicted octanol–water partition coefficient (Wildman–Crippen LogP) is 3.21. The number of benzene rings is 1. The lowest BCUT2D eigenvalue weighted by Crippen LogP contribution is -2.42. The lowest BCUT2D eigenvalue weighted by atomic mass is 10.0. The van der Waals surface area contributed by atoms with Gasteiger partial charge in [-0.05, 0) is 57.2 Å². The van der Waals surface area contributed by atoms with Crippen molar-refractivity contribution in [1.29, 1.82) is 0 Å². The number of carbonyl (C=O) groups excluding carboxylic acids is 2. The van der Waals surface area contributed by atoms with E-state index in [1.807, 2.05) is 4.90 Å². The van der Waals surface area contributed by atoms with Crippen LogP contribution >= 0.6 is 24.0 Å². The molecule has 2 fully saturated rings. The maximum absolute atomic E-state index is 12.7. The van der Waals surface area contributed by atoms with Gasteiger partial charge in [-0.2, -0.15) is 0 Å². The number of halogens is 2. The first-order chi connectivity index (χ1) is 10.9. The van der Waals surface area contributed by atoms with Crippen molar-refractivity contribution in [3.63, 3.8) is 0 Å². The van der Waals surface area contributed by atoms with Crippen molar-refractivity contribution in [2.75, 3.05) is 11.9 Å². The van der Waals surface area contributed by atoms with Gasteiger partial charge in [-0.1, -0.05) is 11.6 Å². The van der Waals surface area contributed by atoms with Crippen LogP contribution in [0.1, 0.15) is 49.4 Å². The minimum absolute atomic E-state index is 0. The fourth-order valence-electron chi connectivity index (χ4n) is 2.94. The first kappa shape index (κ1) is 19.0. The molecule has 1 atom stereocenters. The number of rotatable bonds is 3. The number of hydrogen-bond donors (Lipinski definition) is 2. The second-order valence-electron chi connectivity index (χ2n) is 6.65. The number of amides is 2. The standard InChI is InChI=1S/C17H22ClN3O2.ClH/c1-11-4-2-3-9-21(11)15(22)13-6-5-12(10-14(13)18)20-16(23)17(19)7-8-17;/h5-6,10-11H,2-4,7-9,19H2,1H3,(H,20,23);1H. The molecule has 2 amide bonds. The highest BCUT2D eigenvalue weighted by atomic mass is 35.5. The maximum atomic E-state index is 12.7. The van der Waals surface area contributed by atoms with Crippen LogP contribution in [0.5, 0.6) is 0 Å². The summed E-state index contributed by atoms with van der Waals surface area (Å²) < 4.78 is 0. The molecule has 1 unspecified atom stereocenters. The molecule has 0 radical (unpaired) electrons. The number of hydrogen-bond acceptors (Lipinski definition) is 3. The van der Waals surface area contributed by atoms with Crippen molar-refractivity contribution >= 4 is 41.5 Å². The first-order valence-corrected chi connectivity index (χ1v) is 8.49. The fourth-order valence-corrected chi connectivity index (χ4v) is 3.20. The molecular formula is C17H23Cl2N3O2. The Bertz CT molecular complexity index is 647. The number of nitrogens with one attached hydrogen (secondary N) is 1. The molecule has 1 heterocycles. The zero-order chi connectivity index (χ0) is 16.6. The van der Waals surface area contributed by atoms with Crippen LogP contribution in [0.25, 0.3) is 0 Å². The van der Waals surface area contributed by atoms with Crippen molar-refractivity contribution in [3.05, 3.63) is 28.8 Å². The summed E-state index contributed by atoms with van der Waals surface area (Å²) in [5.74, 6) is -0.241. The summed E-state index contributed by atoms with van der Waals surface area (Å²) in [6, 6.07) is 5.24. The van der Waals surface area contributed by atoms with E-state index in [1.54, 1.807) is 18.2 Å². The fraction of sp³-hybridized carbons (Fsp3) is 0.529. The number of anilines is 1. The molecule has 3 rings (SSSR count). The summed E-state index contributed by atoms with van der Waals surface area (Å²) in [6.07, 6.45) is 4.62. The lowest BCUT2D eigenvalue weighted by molar-refractivity contribution is -0.118. The van der Waals surface area contributed by atoms with Gasteiger partial charge in [-0.25, -0.2) is 0 Å². The third-order valence-corrected chi connectivity index (χ3v) is 5.07. The lowest BCUT2D eigenvalue weighted by Gasteiger charge is -2.33. The van der Waals surface area contributed by atoms with Gasteiger partial charge in [-0.15, -0.1) is 12.4 Å². The van der Waals surface area contributed by atoms with Crippen LogP contribution in [0.15, 0.2) is 18.2 Å². The third kappa shape index (κ3) is 3.85. The van der Waals surface area contributed by atoms with E-state index in [1.165, 1.54) is 0 Å². The Kier molecular flexibility index (Phi) is 5.78. The minimum atomic E-state index is -0.732. The summed E-state index contributed by atoms with van der Waals surface area (Å²) in [6.45, 7) is 2.83. The monoisotopic (exact) mass is 371 g/mol. The van der Waals surface area contributed by atoms with Gasteiger partial charge < -0.3 is 16.0 Å². The quantitative estimate of drug-likeness (QED) is 0.856. The van der Waals surface area contributed by atoms with E-state index in [-0.39, 0.29) is 30.3 Å². The van der Waals surface area contributed by atoms with Crippen LogP contribution in [-0.4, -0.2) is 34.8 Å². The molecule has 2 aliphatic rings. The molecule has 1 aromatic carbocycles. The van der Waals surface area contributed by atoms with Gasteiger partial charge in [0.1, 0.15) is 0 Å². The molecule has 132 valence electrons. The van der Waals surface area contributed by atoms with E-state index in [4.69, 9.17) is 17.3 Å². The van der Waals surface area contributed by atoms with Gasteiger partial charge in [0.25, 0.3) is 5.91 Å². The first-order valence-electron chi connectivity index (χ1n) is 8.11. The Balaban J connectivity index is 0.00000208. The van der Waals surface area contributed by atoms with Crippen molar-refractivity contribution in [2.24, 2.45) is 5.73 Å². The normalized spacial score (nSPS) is 21.6. The van der Waals surface area contributed by atoms with Crippen LogP contribution in [0.2, 0.25) is 5.02 Å². The molecule has 24 heavy (non-hydrogen) atoms. The van der Waals surface area contributed by atoms with Gasteiger partial charge in [0.05, 0.1) is 16.1 Å². The smallest absolute Gasteiger partial charge is 0.255 e. The number of nitrogens with zero attached hydrogens (tertiary/aromatic N) is 1. The Labute approximate surface area is 153 Å². The third-order valence-electron chi connectivity index (χ3n) is 4.76. The summed E-state index contributed by atoms with van der Waals surface area (Å²) in [4.78, 5) is 26.5. The summed E-state index contributed by atoms with van der Waals surface area (Å²) in [5, 5.41) is 3.12. The zero-order valence-corrected chi connectivity index (χ0v) is 15.3. The number of nitrogens with two attached hydrogens (primary N) is 1. The highest BCUT2D eigenvalue weighted by molar-refractivity contribution is 6.34. The van der Waals surface area contributed by atoms with Gasteiger partial charge in [0.2, 0.25) is 5.91 Å². The van der Waals surface area contributed by atoms with Crippen molar-refractivity contribution in [1.82, 2.24) is 4.90 Å². The number of piperidine rings is 1. The molecule has 0 spiro atoms. The van der Waals surface area contributed by atoms with E-state index in [2.05, 4.69) is 12.2 Å². The van der Waals surface area contributed by atoms with E-state index >= 15 is 0 Å². The largest absolute Gasteiger partial charge is 0.336 e. The molecule has 5 nitrogen and oxygen atoms in total. The number of likely N-dealkylation sites (tertiary alicyclic amines) is 1. The SMILES string of the molecule is CC1CCCCN1C(=O)c1ccc(NC(=O)C2(N)CC2)cc1Cl.Cl. The zero-order valence-electron chi connectivity index (χ0n) is 13.7. The van der Waals surface area contributed by atoms with Gasteiger partial charge in [0.15, 0.2) is 0 Å². The summed E-state index contributed by atoms with van der Waals surface area (Å²) >= 11 is 6.27. The van der Waals surface area contributed by atoms with Crippen molar-refractivity contribution in [3.8, 4) is 0 Å². The molecule has 1 saturated carbocycles. The second kappa shape index (κ2) is 7.30. The van der Waals surface area contributed by atoms with Crippen molar-refractivity contribution in [2.45, 2.75) is 50.6 Å². The van der Waals surface area contributed by atoms with Crippen LogP contribution in [0, 0.1) is 0 Å². The number of carbonyl (C=O) groups is 2.